The van der Waals surface area contributed by atoms with Crippen molar-refractivity contribution in [1.82, 2.24) is 10.3 Å². The summed E-state index contributed by atoms with van der Waals surface area (Å²) < 4.78 is 43.1. The molecule has 1 aliphatic rings. The molecule has 0 unspecified atom stereocenters. The van der Waals surface area contributed by atoms with Crippen LogP contribution in [-0.4, -0.2) is 29.6 Å². The number of nitrogens with two attached hydrogens (primary N) is 2. The molecule has 156 valence electrons. The van der Waals surface area contributed by atoms with Gasteiger partial charge in [0.05, 0.1) is 5.56 Å². The summed E-state index contributed by atoms with van der Waals surface area (Å²) >= 11 is 0. The molecule has 0 bridgehead atoms. The summed E-state index contributed by atoms with van der Waals surface area (Å²) in [6.45, 7) is -1.29. The molecule has 3 atom stereocenters. The molecule has 0 spiro atoms. The van der Waals surface area contributed by atoms with Crippen LogP contribution in [0.2, 0.25) is 0 Å². The molecule has 3 amide bonds. The Bertz CT molecular complexity index is 1040. The highest BCUT2D eigenvalue weighted by atomic mass is 19.2. The number of nitrogens with zero attached hydrogens (tertiary/aromatic N) is 2. The lowest BCUT2D eigenvalue weighted by atomic mass is 9.84. The third kappa shape index (κ3) is 3.90. The molecular formula is C19H17F3N6O2. The molecular weight excluding hydrogens is 401 g/mol. The number of aromatic nitrogens is 1. The van der Waals surface area contributed by atoms with Gasteiger partial charge in [-0.2, -0.15) is 5.26 Å². The molecule has 2 aromatic rings. The Hall–Kier alpha value is -3.65. The lowest BCUT2D eigenvalue weighted by Crippen LogP contribution is -2.53. The van der Waals surface area contributed by atoms with Gasteiger partial charge in [-0.05, 0) is 24.6 Å². The predicted molar refractivity (Wildman–Crippen MR) is 99.7 cm³/mol. The summed E-state index contributed by atoms with van der Waals surface area (Å²) in [5.74, 6) is -4.24. The van der Waals surface area contributed by atoms with Gasteiger partial charge in [0.2, 0.25) is 0 Å². The van der Waals surface area contributed by atoms with Crippen LogP contribution in [0, 0.1) is 28.9 Å². The molecule has 1 aromatic carbocycles. The first-order valence-corrected chi connectivity index (χ1v) is 8.78. The first-order chi connectivity index (χ1) is 14.2. The minimum atomic E-state index is -1.98. The van der Waals surface area contributed by atoms with Crippen LogP contribution in [0.1, 0.15) is 28.0 Å². The number of alkyl halides is 1. The third-order valence-electron chi connectivity index (χ3n) is 4.92. The van der Waals surface area contributed by atoms with Gasteiger partial charge in [-0.15, -0.1) is 0 Å². The summed E-state index contributed by atoms with van der Waals surface area (Å²) in [5.41, 5.74) is 8.35. The molecule has 8 nitrogen and oxygen atoms in total. The van der Waals surface area contributed by atoms with Crippen molar-refractivity contribution < 1.29 is 22.8 Å². The Labute approximate surface area is 169 Å². The Balaban J connectivity index is 1.99. The standard InChI is InChI=1S/C19H17F3N6O2/c20-8-19(28-18(25)30,11-5-14(11)24)12-3-10(4-13(21)16(12)22)27-17(29)15-2-1-9(6-23)7-26-15/h1-4,7,11,14H,5,8,24H2,(H,27,29)(H3,25,28,30)/t11-,14+,19-/m0/s1. The van der Waals surface area contributed by atoms with Crippen molar-refractivity contribution in [2.24, 2.45) is 17.4 Å². The number of carbonyl (C=O) groups excluding carboxylic acids is 2. The zero-order valence-corrected chi connectivity index (χ0v) is 15.5. The van der Waals surface area contributed by atoms with Crippen LogP contribution in [-0.2, 0) is 5.54 Å². The topological polar surface area (TPSA) is 147 Å². The number of rotatable bonds is 6. The van der Waals surface area contributed by atoms with Crippen LogP contribution in [0.15, 0.2) is 30.5 Å². The Morgan fingerprint density at radius 2 is 2.03 bits per heavy atom. The van der Waals surface area contributed by atoms with E-state index in [0.717, 1.165) is 6.07 Å². The number of benzene rings is 1. The second-order valence-electron chi connectivity index (χ2n) is 6.92. The number of hydrogen-bond donors (Lipinski definition) is 4. The van der Waals surface area contributed by atoms with Crippen molar-refractivity contribution in [3.05, 3.63) is 58.9 Å². The molecule has 0 radical (unpaired) electrons. The summed E-state index contributed by atoms with van der Waals surface area (Å²) in [5, 5.41) is 13.3. The summed E-state index contributed by atoms with van der Waals surface area (Å²) in [6, 6.07) is 4.52. The maximum Gasteiger partial charge on any atom is 0.312 e. The smallest absolute Gasteiger partial charge is 0.312 e. The highest BCUT2D eigenvalue weighted by Gasteiger charge is 2.54. The van der Waals surface area contributed by atoms with Gasteiger partial charge < -0.3 is 22.1 Å². The Kier molecular flexibility index (Phi) is 5.62. The fourth-order valence-corrected chi connectivity index (χ4v) is 3.34. The van der Waals surface area contributed by atoms with E-state index in [1.54, 1.807) is 0 Å². The number of amides is 3. The molecule has 6 N–H and O–H groups in total. The number of primary amides is 1. The lowest BCUT2D eigenvalue weighted by Gasteiger charge is -2.33. The van der Waals surface area contributed by atoms with Crippen molar-refractivity contribution in [3.63, 3.8) is 0 Å². The van der Waals surface area contributed by atoms with E-state index in [4.69, 9.17) is 16.7 Å². The van der Waals surface area contributed by atoms with E-state index in [1.807, 2.05) is 6.07 Å². The zero-order chi connectivity index (χ0) is 22.1. The van der Waals surface area contributed by atoms with Gasteiger partial charge in [0.1, 0.15) is 24.0 Å². The van der Waals surface area contributed by atoms with E-state index in [-0.39, 0.29) is 23.4 Å². The van der Waals surface area contributed by atoms with Crippen molar-refractivity contribution in [2.45, 2.75) is 18.0 Å². The van der Waals surface area contributed by atoms with Gasteiger partial charge in [-0.1, -0.05) is 0 Å². The highest BCUT2D eigenvalue weighted by Crippen LogP contribution is 2.46. The first-order valence-electron chi connectivity index (χ1n) is 8.78. The number of hydrogen-bond acceptors (Lipinski definition) is 5. The molecule has 1 saturated carbocycles. The van der Waals surface area contributed by atoms with Crippen LogP contribution < -0.4 is 22.1 Å². The average Bonchev–Trinajstić information content (AvgIpc) is 3.45. The van der Waals surface area contributed by atoms with Crippen LogP contribution in [0.25, 0.3) is 0 Å². The third-order valence-corrected chi connectivity index (χ3v) is 4.92. The van der Waals surface area contributed by atoms with Crippen LogP contribution in [0.5, 0.6) is 0 Å². The van der Waals surface area contributed by atoms with Crippen molar-refractivity contribution in [3.8, 4) is 6.07 Å². The highest BCUT2D eigenvalue weighted by molar-refractivity contribution is 6.02. The largest absolute Gasteiger partial charge is 0.352 e. The number of pyridine rings is 1. The fourth-order valence-electron chi connectivity index (χ4n) is 3.34. The molecule has 11 heteroatoms. The fraction of sp³-hybridized carbons (Fsp3) is 0.263. The zero-order valence-electron chi connectivity index (χ0n) is 15.5. The Morgan fingerprint density at radius 1 is 1.33 bits per heavy atom. The van der Waals surface area contributed by atoms with Crippen LogP contribution in [0.4, 0.5) is 23.7 Å². The van der Waals surface area contributed by atoms with Gasteiger partial charge in [-0.3, -0.25) is 4.79 Å². The molecule has 1 aliphatic carbocycles. The average molecular weight is 418 g/mol. The van der Waals surface area contributed by atoms with E-state index in [1.165, 1.54) is 18.3 Å². The van der Waals surface area contributed by atoms with Crippen molar-refractivity contribution in [1.29, 1.82) is 5.26 Å². The van der Waals surface area contributed by atoms with E-state index >= 15 is 0 Å². The number of urea groups is 1. The van der Waals surface area contributed by atoms with Gasteiger partial charge in [0, 0.05) is 35.5 Å². The SMILES string of the molecule is N#Cc1ccc(C(=O)Nc2cc(F)c(F)c([C@@](CF)(NC(N)=O)[C@H]3C[C@H]3N)c2)nc1. The maximum atomic E-state index is 14.6. The number of nitrogens with one attached hydrogen (secondary N) is 2. The van der Waals surface area contributed by atoms with E-state index in [9.17, 15) is 22.8 Å². The maximum absolute atomic E-state index is 14.6. The second kappa shape index (κ2) is 8.00. The molecule has 30 heavy (non-hydrogen) atoms. The molecule has 1 heterocycles. The second-order valence-corrected chi connectivity index (χ2v) is 6.92. The predicted octanol–water partition coefficient (Wildman–Crippen LogP) is 1.66. The number of nitriles is 1. The van der Waals surface area contributed by atoms with Crippen LogP contribution in [0.3, 0.4) is 0 Å². The van der Waals surface area contributed by atoms with Gasteiger partial charge in [-0.25, -0.2) is 22.9 Å². The molecule has 0 saturated heterocycles. The summed E-state index contributed by atoms with van der Waals surface area (Å²) in [7, 11) is 0. The van der Waals surface area contributed by atoms with Crippen molar-refractivity contribution in [2.75, 3.05) is 12.0 Å². The molecule has 3 rings (SSSR count). The van der Waals surface area contributed by atoms with E-state index in [2.05, 4.69) is 15.6 Å². The lowest BCUT2D eigenvalue weighted by molar-refractivity contribution is 0.102. The van der Waals surface area contributed by atoms with E-state index in [0.29, 0.717) is 6.07 Å². The minimum absolute atomic E-state index is 0.0866. The first kappa shape index (κ1) is 21.1. The summed E-state index contributed by atoms with van der Waals surface area (Å²) in [4.78, 5) is 27.6. The number of halogens is 3. The molecule has 1 fully saturated rings. The van der Waals surface area contributed by atoms with Gasteiger partial charge >= 0.3 is 6.03 Å². The van der Waals surface area contributed by atoms with Gasteiger partial charge in [0.15, 0.2) is 11.6 Å². The normalized spacial score (nSPS) is 19.3. The quantitative estimate of drug-likeness (QED) is 0.563. The summed E-state index contributed by atoms with van der Waals surface area (Å²) in [6.07, 6.45) is 1.43. The van der Waals surface area contributed by atoms with E-state index < -0.39 is 53.3 Å². The van der Waals surface area contributed by atoms with Gasteiger partial charge in [0.25, 0.3) is 5.91 Å². The molecule has 1 aromatic heterocycles. The molecule has 0 aliphatic heterocycles. The van der Waals surface area contributed by atoms with Crippen molar-refractivity contribution >= 4 is 17.6 Å². The minimum Gasteiger partial charge on any atom is -0.352 e. The van der Waals surface area contributed by atoms with Crippen LogP contribution >= 0.6 is 0 Å². The Morgan fingerprint density at radius 3 is 2.53 bits per heavy atom. The number of carbonyl (C=O) groups is 2. The monoisotopic (exact) mass is 418 g/mol. The number of anilines is 1.